The van der Waals surface area contributed by atoms with Gasteiger partial charge in [0.1, 0.15) is 5.75 Å². The van der Waals surface area contributed by atoms with Crippen LogP contribution in [-0.2, 0) is 6.42 Å². The lowest BCUT2D eigenvalue weighted by Crippen LogP contribution is -2.03. The van der Waals surface area contributed by atoms with Gasteiger partial charge in [0.2, 0.25) is 0 Å². The maximum Gasteiger partial charge on any atom is 0.118 e. The molecule has 1 heterocycles. The average Bonchev–Trinajstić information content (AvgIpc) is 2.57. The number of thioether (sulfide) groups is 2. The topological polar surface area (TPSA) is 9.23 Å². The van der Waals surface area contributed by atoms with Crippen molar-refractivity contribution in [3.63, 3.8) is 0 Å². The van der Waals surface area contributed by atoms with Crippen LogP contribution in [0, 0.1) is 0 Å². The first kappa shape index (κ1) is 14.9. The van der Waals surface area contributed by atoms with E-state index in [1.807, 2.05) is 12.1 Å². The minimum absolute atomic E-state index is 0.605. The van der Waals surface area contributed by atoms with Crippen LogP contribution in [0.2, 0.25) is 0 Å². The Morgan fingerprint density at radius 2 is 1.71 bits per heavy atom. The van der Waals surface area contributed by atoms with Gasteiger partial charge in [-0.3, -0.25) is 0 Å². The summed E-state index contributed by atoms with van der Waals surface area (Å²) in [7, 11) is 1.71. The zero-order valence-corrected chi connectivity index (χ0v) is 13.9. The van der Waals surface area contributed by atoms with Crippen molar-refractivity contribution >= 4 is 23.5 Å². The summed E-state index contributed by atoms with van der Waals surface area (Å²) in [5.74, 6) is 3.49. The van der Waals surface area contributed by atoms with Crippen LogP contribution in [0.5, 0.6) is 5.75 Å². The SMILES string of the molecule is COc1ccc(Cc2ccccc2C2SCCCS2)cc1. The number of hydrogen-bond donors (Lipinski definition) is 0. The molecule has 1 aliphatic rings. The van der Waals surface area contributed by atoms with Crippen LogP contribution in [-0.4, -0.2) is 18.6 Å². The third-order valence-corrected chi connectivity index (χ3v) is 6.67. The summed E-state index contributed by atoms with van der Waals surface area (Å²) in [4.78, 5) is 0. The highest BCUT2D eigenvalue weighted by molar-refractivity contribution is 8.16. The second-order valence-corrected chi connectivity index (χ2v) is 7.88. The number of ether oxygens (including phenoxy) is 1. The summed E-state index contributed by atoms with van der Waals surface area (Å²) in [6.45, 7) is 0. The lowest BCUT2D eigenvalue weighted by molar-refractivity contribution is 0.414. The van der Waals surface area contributed by atoms with E-state index in [9.17, 15) is 0 Å². The Balaban J connectivity index is 1.80. The average molecular weight is 316 g/mol. The number of hydrogen-bond acceptors (Lipinski definition) is 3. The summed E-state index contributed by atoms with van der Waals surface area (Å²) in [6.07, 6.45) is 2.34. The summed E-state index contributed by atoms with van der Waals surface area (Å²) in [5, 5.41) is 0. The Morgan fingerprint density at radius 3 is 2.43 bits per heavy atom. The van der Waals surface area contributed by atoms with Gasteiger partial charge in [-0.1, -0.05) is 36.4 Å². The van der Waals surface area contributed by atoms with Gasteiger partial charge >= 0.3 is 0 Å². The zero-order chi connectivity index (χ0) is 14.5. The summed E-state index contributed by atoms with van der Waals surface area (Å²) in [5.41, 5.74) is 4.30. The van der Waals surface area contributed by atoms with Gasteiger partial charge in [0.15, 0.2) is 0 Å². The van der Waals surface area contributed by atoms with E-state index in [1.54, 1.807) is 7.11 Å². The van der Waals surface area contributed by atoms with Crippen LogP contribution < -0.4 is 4.74 Å². The van der Waals surface area contributed by atoms with Crippen LogP contribution in [0.25, 0.3) is 0 Å². The highest BCUT2D eigenvalue weighted by Gasteiger charge is 2.19. The predicted octanol–water partition coefficient (Wildman–Crippen LogP) is 5.15. The monoisotopic (exact) mass is 316 g/mol. The molecular formula is C18H20OS2. The van der Waals surface area contributed by atoms with Gasteiger partial charge in [-0.25, -0.2) is 0 Å². The Kier molecular flexibility index (Phi) is 5.15. The minimum Gasteiger partial charge on any atom is -0.497 e. The van der Waals surface area contributed by atoms with Crippen molar-refractivity contribution in [2.45, 2.75) is 17.4 Å². The normalized spacial score (nSPS) is 15.9. The van der Waals surface area contributed by atoms with Gasteiger partial charge in [-0.2, -0.15) is 0 Å². The van der Waals surface area contributed by atoms with Crippen LogP contribution >= 0.6 is 23.5 Å². The smallest absolute Gasteiger partial charge is 0.118 e. The van der Waals surface area contributed by atoms with Crippen molar-refractivity contribution in [1.29, 1.82) is 0 Å². The number of methoxy groups -OCH3 is 1. The highest BCUT2D eigenvalue weighted by atomic mass is 32.2. The maximum absolute atomic E-state index is 5.23. The fraction of sp³-hybridized carbons (Fsp3) is 0.333. The lowest BCUT2D eigenvalue weighted by Gasteiger charge is -2.23. The molecule has 0 N–H and O–H groups in total. The zero-order valence-electron chi connectivity index (χ0n) is 12.2. The molecule has 0 atom stereocenters. The van der Waals surface area contributed by atoms with E-state index in [4.69, 9.17) is 4.74 Å². The fourth-order valence-corrected chi connectivity index (χ4v) is 5.57. The molecule has 1 saturated heterocycles. The molecule has 0 aliphatic carbocycles. The Bertz CT molecular complexity index is 574. The summed E-state index contributed by atoms with van der Waals surface area (Å²) >= 11 is 4.18. The predicted molar refractivity (Wildman–Crippen MR) is 94.5 cm³/mol. The lowest BCUT2D eigenvalue weighted by atomic mass is 10.0. The molecule has 0 amide bonds. The van der Waals surface area contributed by atoms with E-state index < -0.39 is 0 Å². The van der Waals surface area contributed by atoms with Crippen molar-refractivity contribution in [2.75, 3.05) is 18.6 Å². The van der Waals surface area contributed by atoms with Gasteiger partial charge < -0.3 is 4.74 Å². The van der Waals surface area contributed by atoms with Crippen molar-refractivity contribution in [3.8, 4) is 5.75 Å². The molecule has 1 fully saturated rings. The van der Waals surface area contributed by atoms with E-state index in [1.165, 1.54) is 34.6 Å². The van der Waals surface area contributed by atoms with E-state index >= 15 is 0 Å². The van der Waals surface area contributed by atoms with Gasteiger partial charge in [0, 0.05) is 0 Å². The van der Waals surface area contributed by atoms with Crippen molar-refractivity contribution in [3.05, 3.63) is 65.2 Å². The molecule has 21 heavy (non-hydrogen) atoms. The van der Waals surface area contributed by atoms with Gasteiger partial charge in [0.05, 0.1) is 11.7 Å². The van der Waals surface area contributed by atoms with E-state index in [-0.39, 0.29) is 0 Å². The van der Waals surface area contributed by atoms with E-state index in [2.05, 4.69) is 59.9 Å². The van der Waals surface area contributed by atoms with Crippen molar-refractivity contribution in [1.82, 2.24) is 0 Å². The molecule has 2 aromatic carbocycles. The Hall–Kier alpha value is -1.06. The van der Waals surface area contributed by atoms with Crippen LogP contribution in [0.15, 0.2) is 48.5 Å². The second kappa shape index (κ2) is 7.28. The van der Waals surface area contributed by atoms with Crippen molar-refractivity contribution in [2.24, 2.45) is 0 Å². The third-order valence-electron chi connectivity index (χ3n) is 3.69. The first-order valence-electron chi connectivity index (χ1n) is 7.31. The first-order valence-corrected chi connectivity index (χ1v) is 9.40. The molecule has 0 bridgehead atoms. The molecule has 3 rings (SSSR count). The van der Waals surface area contributed by atoms with Crippen LogP contribution in [0.1, 0.15) is 27.7 Å². The maximum atomic E-state index is 5.23. The summed E-state index contributed by atoms with van der Waals surface area (Å²) in [6, 6.07) is 17.3. The Morgan fingerprint density at radius 1 is 1.00 bits per heavy atom. The largest absolute Gasteiger partial charge is 0.497 e. The molecular weight excluding hydrogens is 296 g/mol. The molecule has 3 heteroatoms. The molecule has 0 spiro atoms. The molecule has 0 radical (unpaired) electrons. The quantitative estimate of drug-likeness (QED) is 0.771. The standard InChI is InChI=1S/C18H20OS2/c1-19-16-9-7-14(8-10-16)13-15-5-2-3-6-17(15)18-20-11-4-12-21-18/h2-3,5-10,18H,4,11-13H2,1H3. The van der Waals surface area contributed by atoms with Crippen LogP contribution in [0.4, 0.5) is 0 Å². The highest BCUT2D eigenvalue weighted by Crippen LogP contribution is 2.45. The second-order valence-electron chi connectivity index (χ2n) is 5.15. The molecule has 0 aromatic heterocycles. The molecule has 0 saturated carbocycles. The number of benzene rings is 2. The fourth-order valence-electron chi connectivity index (χ4n) is 2.56. The first-order chi connectivity index (χ1) is 10.4. The minimum atomic E-state index is 0.605. The van der Waals surface area contributed by atoms with Gasteiger partial charge in [0.25, 0.3) is 0 Å². The van der Waals surface area contributed by atoms with E-state index in [0.717, 1.165) is 12.2 Å². The van der Waals surface area contributed by atoms with Crippen LogP contribution in [0.3, 0.4) is 0 Å². The number of rotatable bonds is 4. The molecule has 0 unspecified atom stereocenters. The van der Waals surface area contributed by atoms with Gasteiger partial charge in [-0.05, 0) is 53.2 Å². The third kappa shape index (κ3) is 3.78. The van der Waals surface area contributed by atoms with Crippen molar-refractivity contribution < 1.29 is 4.74 Å². The van der Waals surface area contributed by atoms with E-state index in [0.29, 0.717) is 4.58 Å². The Labute approximate surface area is 135 Å². The summed E-state index contributed by atoms with van der Waals surface area (Å²) < 4.78 is 5.84. The molecule has 2 aromatic rings. The molecule has 1 nitrogen and oxygen atoms in total. The molecule has 110 valence electrons. The van der Waals surface area contributed by atoms with Gasteiger partial charge in [-0.15, -0.1) is 23.5 Å². The molecule has 1 aliphatic heterocycles.